The molecule has 0 radical (unpaired) electrons. The van der Waals surface area contributed by atoms with Gasteiger partial charge in [-0.3, -0.25) is 0 Å². The molecule has 66 valence electrons. The minimum atomic E-state index is 0.350. The van der Waals surface area contributed by atoms with E-state index < -0.39 is 0 Å². The molecule has 2 aromatic rings. The van der Waals surface area contributed by atoms with Gasteiger partial charge in [0, 0.05) is 5.39 Å². The summed E-state index contributed by atoms with van der Waals surface area (Å²) >= 11 is 2.94. The van der Waals surface area contributed by atoms with E-state index in [1.54, 1.807) is 6.07 Å². The minimum absolute atomic E-state index is 0.350. The van der Waals surface area contributed by atoms with E-state index in [0.717, 1.165) is 10.8 Å². The Balaban J connectivity index is 0.000000396. The van der Waals surface area contributed by atoms with Gasteiger partial charge in [0.2, 0.25) is 0 Å². The first-order valence-corrected chi connectivity index (χ1v) is 5.51. The van der Waals surface area contributed by atoms with E-state index in [1.807, 2.05) is 43.1 Å². The number of halogens is 1. The molecule has 0 unspecified atom stereocenters. The first-order valence-electron chi connectivity index (χ1n) is 3.92. The number of fused-ring (bicyclic) bond motifs is 1. The maximum atomic E-state index is 9.37. The van der Waals surface area contributed by atoms with E-state index >= 15 is 0 Å². The molecule has 0 saturated heterocycles. The van der Waals surface area contributed by atoms with Crippen molar-refractivity contribution in [3.63, 3.8) is 0 Å². The molecule has 0 aromatic heterocycles. The highest BCUT2D eigenvalue weighted by molar-refractivity contribution is 9.22. The molecule has 0 amide bonds. The first-order chi connectivity index (χ1) is 6.38. The van der Waals surface area contributed by atoms with Gasteiger partial charge in [-0.05, 0) is 11.5 Å². The zero-order valence-electron chi connectivity index (χ0n) is 7.37. The lowest BCUT2D eigenvalue weighted by atomic mass is 10.1. The summed E-state index contributed by atoms with van der Waals surface area (Å²) in [4.78, 5) is 0. The van der Waals surface area contributed by atoms with Crippen molar-refractivity contribution in [2.45, 2.75) is 0 Å². The van der Waals surface area contributed by atoms with Crippen LogP contribution in [0.2, 0.25) is 0 Å². The number of hydrogen-bond donors (Lipinski definition) is 1. The second-order valence-corrected chi connectivity index (χ2v) is 2.50. The predicted octanol–water partition coefficient (Wildman–Crippen LogP) is 2.47. The Bertz CT molecular complexity index is 384. The summed E-state index contributed by atoms with van der Waals surface area (Å²) in [6, 6.07) is 13.3. The lowest BCUT2D eigenvalue weighted by molar-refractivity contribution is 0.481. The molecular formula is C10H10BBrO. The molecule has 0 aliphatic heterocycles. The van der Waals surface area contributed by atoms with E-state index in [4.69, 9.17) is 0 Å². The van der Waals surface area contributed by atoms with Crippen molar-refractivity contribution >= 4 is 33.2 Å². The normalized spacial score (nSPS) is 9.00. The molecular weight excluding hydrogens is 227 g/mol. The van der Waals surface area contributed by atoms with Crippen LogP contribution in [0.3, 0.4) is 0 Å². The number of phenolic OH excluding ortho intramolecular Hbond substituents is 1. The van der Waals surface area contributed by atoms with E-state index in [-0.39, 0.29) is 0 Å². The zero-order chi connectivity index (χ0) is 9.68. The molecule has 0 saturated carbocycles. The maximum absolute atomic E-state index is 9.37. The van der Waals surface area contributed by atoms with Crippen LogP contribution in [0.25, 0.3) is 10.8 Å². The largest absolute Gasteiger partial charge is 0.507 e. The fourth-order valence-electron chi connectivity index (χ4n) is 1.21. The minimum Gasteiger partial charge on any atom is -0.507 e. The van der Waals surface area contributed by atoms with Crippen molar-refractivity contribution in [3.05, 3.63) is 42.5 Å². The van der Waals surface area contributed by atoms with Gasteiger partial charge in [-0.2, -0.15) is 15.8 Å². The molecule has 13 heavy (non-hydrogen) atoms. The molecule has 0 fully saturated rings. The van der Waals surface area contributed by atoms with Crippen LogP contribution < -0.4 is 0 Å². The summed E-state index contributed by atoms with van der Waals surface area (Å²) in [5.74, 6) is 0.350. The lowest BCUT2D eigenvalue weighted by Gasteiger charge is -1.97. The highest BCUT2D eigenvalue weighted by Crippen LogP contribution is 2.22. The van der Waals surface area contributed by atoms with E-state index in [0.29, 0.717) is 5.75 Å². The summed E-state index contributed by atoms with van der Waals surface area (Å²) in [7, 11) is 0. The molecule has 2 rings (SSSR count). The molecule has 0 bridgehead atoms. The molecule has 0 aliphatic carbocycles. The molecule has 1 N–H and O–H groups in total. The van der Waals surface area contributed by atoms with Gasteiger partial charge in [-0.1, -0.05) is 36.4 Å². The van der Waals surface area contributed by atoms with Crippen molar-refractivity contribution in [1.29, 1.82) is 0 Å². The van der Waals surface area contributed by atoms with Crippen molar-refractivity contribution in [2.75, 3.05) is 0 Å². The fourth-order valence-corrected chi connectivity index (χ4v) is 1.21. The second kappa shape index (κ2) is 4.92. The predicted molar refractivity (Wildman–Crippen MR) is 63.1 cm³/mol. The highest BCUT2D eigenvalue weighted by atomic mass is 79.9. The Hall–Kier alpha value is -0.955. The molecule has 0 heterocycles. The van der Waals surface area contributed by atoms with E-state index in [9.17, 15) is 5.11 Å². The third-order valence-electron chi connectivity index (χ3n) is 1.77. The van der Waals surface area contributed by atoms with Gasteiger partial charge in [-0.15, -0.1) is 0 Å². The monoisotopic (exact) mass is 236 g/mol. The smallest absolute Gasteiger partial charge is 0.186 e. The molecule has 2 aromatic carbocycles. The van der Waals surface area contributed by atoms with Crippen molar-refractivity contribution in [2.24, 2.45) is 0 Å². The number of benzene rings is 2. The summed E-state index contributed by atoms with van der Waals surface area (Å²) in [5.41, 5.74) is 0. The molecule has 0 spiro atoms. The topological polar surface area (TPSA) is 20.2 Å². The van der Waals surface area contributed by atoms with Crippen LogP contribution in [0.15, 0.2) is 42.5 Å². The van der Waals surface area contributed by atoms with E-state index in [2.05, 4.69) is 15.8 Å². The number of hydrogen-bond acceptors (Lipinski definition) is 1. The second-order valence-electron chi connectivity index (χ2n) is 2.50. The van der Waals surface area contributed by atoms with Gasteiger partial charge in [0.15, 0.2) is 6.67 Å². The fraction of sp³-hybridized carbons (Fsp3) is 0. The molecule has 0 atom stereocenters. The Kier molecular flexibility index (Phi) is 3.84. The average molecular weight is 237 g/mol. The van der Waals surface area contributed by atoms with Crippen LogP contribution in [-0.4, -0.2) is 11.8 Å². The number of aromatic hydroxyl groups is 1. The van der Waals surface area contributed by atoms with Gasteiger partial charge in [0.05, 0.1) is 0 Å². The quantitative estimate of drug-likeness (QED) is 0.697. The summed E-state index contributed by atoms with van der Waals surface area (Å²) in [5, 5.41) is 11.4. The highest BCUT2D eigenvalue weighted by Gasteiger charge is 1.94. The Morgan fingerprint density at radius 1 is 0.923 bits per heavy atom. The molecule has 0 aliphatic rings. The van der Waals surface area contributed by atoms with Crippen LogP contribution in [0.4, 0.5) is 0 Å². The lowest BCUT2D eigenvalue weighted by Crippen LogP contribution is -1.70. The Labute approximate surface area is 86.8 Å². The standard InChI is InChI=1S/C10H8O.BBrH2/c11-10-7-3-5-8-4-1-2-6-9(8)10;1-2/h1-7,11H;1H2. The third-order valence-corrected chi connectivity index (χ3v) is 1.77. The van der Waals surface area contributed by atoms with Crippen LogP contribution in [0.5, 0.6) is 5.75 Å². The van der Waals surface area contributed by atoms with Crippen LogP contribution in [0, 0.1) is 0 Å². The van der Waals surface area contributed by atoms with E-state index in [1.165, 1.54) is 0 Å². The number of rotatable bonds is 0. The summed E-state index contributed by atoms with van der Waals surface area (Å²) < 4.78 is 0. The average Bonchev–Trinajstić information content (AvgIpc) is 2.22. The SMILES string of the molecule is BBr.Oc1cccc2ccccc12. The summed E-state index contributed by atoms with van der Waals surface area (Å²) in [6.07, 6.45) is 0. The molecule has 3 heteroatoms. The third kappa shape index (κ3) is 2.25. The van der Waals surface area contributed by atoms with Gasteiger partial charge in [-0.25, -0.2) is 0 Å². The Morgan fingerprint density at radius 3 is 2.23 bits per heavy atom. The van der Waals surface area contributed by atoms with Crippen LogP contribution in [-0.2, 0) is 0 Å². The van der Waals surface area contributed by atoms with Gasteiger partial charge in [0.1, 0.15) is 5.75 Å². The zero-order valence-corrected chi connectivity index (χ0v) is 8.95. The van der Waals surface area contributed by atoms with Crippen molar-refractivity contribution in [1.82, 2.24) is 0 Å². The van der Waals surface area contributed by atoms with Crippen LogP contribution >= 0.6 is 15.8 Å². The summed E-state index contributed by atoms with van der Waals surface area (Å²) in [6.45, 7) is 1.81. The van der Waals surface area contributed by atoms with Crippen LogP contribution in [0.1, 0.15) is 0 Å². The van der Waals surface area contributed by atoms with Gasteiger partial charge in [0.25, 0.3) is 0 Å². The first kappa shape index (κ1) is 10.1. The Morgan fingerprint density at radius 2 is 1.54 bits per heavy atom. The van der Waals surface area contributed by atoms with Crippen molar-refractivity contribution in [3.8, 4) is 5.75 Å². The van der Waals surface area contributed by atoms with Crippen molar-refractivity contribution < 1.29 is 5.11 Å². The molecule has 1 nitrogen and oxygen atoms in total. The van der Waals surface area contributed by atoms with Gasteiger partial charge < -0.3 is 5.11 Å². The maximum Gasteiger partial charge on any atom is 0.186 e. The van der Waals surface area contributed by atoms with Gasteiger partial charge >= 0.3 is 0 Å². The number of phenols is 1.